The molecule has 0 saturated carbocycles. The van der Waals surface area contributed by atoms with Crippen molar-refractivity contribution in [3.05, 3.63) is 50.7 Å². The van der Waals surface area contributed by atoms with E-state index in [0.29, 0.717) is 10.8 Å². The second kappa shape index (κ2) is 12.3. The molecule has 1 amide bonds. The van der Waals surface area contributed by atoms with Crippen LogP contribution in [-0.4, -0.2) is 61.9 Å². The number of esters is 1. The van der Waals surface area contributed by atoms with Crippen LogP contribution >= 0.6 is 11.3 Å². The van der Waals surface area contributed by atoms with Crippen molar-refractivity contribution in [1.29, 1.82) is 0 Å². The molecule has 1 N–H and O–H groups in total. The van der Waals surface area contributed by atoms with E-state index in [9.17, 15) is 14.7 Å². The molecule has 2 rings (SSSR count). The highest BCUT2D eigenvalue weighted by Gasteiger charge is 2.34. The number of ether oxygens (including phenoxy) is 2. The topological polar surface area (TPSA) is 72.8 Å². The first-order valence-electron chi connectivity index (χ1n) is 12.6. The van der Waals surface area contributed by atoms with E-state index >= 15 is 0 Å². The summed E-state index contributed by atoms with van der Waals surface area (Å²) in [6.07, 6.45) is 2.36. The Bertz CT molecular complexity index is 1050. The molecular weight excluding hydrogens is 474 g/mol. The van der Waals surface area contributed by atoms with Crippen LogP contribution in [0.5, 0.6) is 5.75 Å². The average molecular weight is 519 g/mol. The summed E-state index contributed by atoms with van der Waals surface area (Å²) in [5, 5.41) is 10.3. The lowest BCUT2D eigenvalue weighted by Crippen LogP contribution is -2.49. The van der Waals surface area contributed by atoms with Crippen molar-refractivity contribution in [2.24, 2.45) is 5.41 Å². The predicted octanol–water partition coefficient (Wildman–Crippen LogP) is 5.67. The SMILES string of the molecule is CCC(CCc1ccc(OCC(O)C(C)(C)C)c(C)c1)c1cc(C)c(C(=O)[N+](C)(C)CC(=O)OC)s1. The number of methoxy groups -OCH3 is 1. The molecular formula is C29H44NO5S+. The van der Waals surface area contributed by atoms with Crippen LogP contribution in [0.1, 0.15) is 77.7 Å². The van der Waals surface area contributed by atoms with Gasteiger partial charge in [-0.2, -0.15) is 0 Å². The molecule has 0 aliphatic heterocycles. The van der Waals surface area contributed by atoms with Gasteiger partial charge in [0.2, 0.25) is 0 Å². The van der Waals surface area contributed by atoms with Gasteiger partial charge in [0.1, 0.15) is 17.2 Å². The quantitative estimate of drug-likeness (QED) is 0.307. The third kappa shape index (κ3) is 7.89. The minimum atomic E-state index is -0.530. The number of thiophene rings is 1. The summed E-state index contributed by atoms with van der Waals surface area (Å²) in [7, 11) is 4.83. The zero-order valence-electron chi connectivity index (χ0n) is 23.4. The number of rotatable bonds is 11. The molecule has 7 heteroatoms. The smallest absolute Gasteiger partial charge is 0.362 e. The van der Waals surface area contributed by atoms with E-state index in [0.717, 1.165) is 36.1 Å². The van der Waals surface area contributed by atoms with Crippen LogP contribution < -0.4 is 4.74 Å². The first-order chi connectivity index (χ1) is 16.7. The van der Waals surface area contributed by atoms with Gasteiger partial charge in [0.15, 0.2) is 6.54 Å². The van der Waals surface area contributed by atoms with E-state index < -0.39 is 12.1 Å². The third-order valence-corrected chi connectivity index (χ3v) is 8.13. The Kier molecular flexibility index (Phi) is 10.3. The summed E-state index contributed by atoms with van der Waals surface area (Å²) in [5.41, 5.74) is 3.05. The van der Waals surface area contributed by atoms with Gasteiger partial charge in [-0.1, -0.05) is 39.8 Å². The molecule has 2 atom stereocenters. The molecule has 0 spiro atoms. The van der Waals surface area contributed by atoms with Gasteiger partial charge in [-0.25, -0.2) is 9.59 Å². The van der Waals surface area contributed by atoms with Crippen LogP contribution in [0.3, 0.4) is 0 Å². The first-order valence-corrected chi connectivity index (χ1v) is 13.5. The maximum absolute atomic E-state index is 13.2. The monoisotopic (exact) mass is 518 g/mol. The summed E-state index contributed by atoms with van der Waals surface area (Å²) < 4.78 is 10.6. The summed E-state index contributed by atoms with van der Waals surface area (Å²) >= 11 is 1.55. The average Bonchev–Trinajstić information content (AvgIpc) is 3.18. The number of carbonyl (C=O) groups excluding carboxylic acids is 2. The molecule has 0 fully saturated rings. The van der Waals surface area contributed by atoms with E-state index in [1.807, 2.05) is 40.7 Å². The number of likely N-dealkylation sites (N-methyl/N-ethyl adjacent to an activating group) is 1. The molecule has 2 unspecified atom stereocenters. The van der Waals surface area contributed by atoms with Gasteiger partial charge in [0, 0.05) is 4.88 Å². The molecule has 1 heterocycles. The number of aliphatic hydroxyl groups excluding tert-OH is 1. The molecule has 6 nitrogen and oxygen atoms in total. The van der Waals surface area contributed by atoms with Gasteiger partial charge in [-0.3, -0.25) is 4.48 Å². The standard InChI is InChI=1S/C29H44NO5S/c1-10-22(24-16-20(3)27(36-24)28(33)30(7,8)17-26(32)34-9)13-11-21-12-14-23(19(2)15-21)35-18-25(31)29(4,5)6/h12,14-16,22,25,31H,10-11,13,17-18H2,1-9H3/q+1. The fourth-order valence-electron chi connectivity index (χ4n) is 3.99. The lowest BCUT2D eigenvalue weighted by Gasteiger charge is -2.26. The highest BCUT2D eigenvalue weighted by Crippen LogP contribution is 2.35. The van der Waals surface area contributed by atoms with Gasteiger partial charge < -0.3 is 14.6 Å². The number of carbonyl (C=O) groups is 2. The maximum atomic E-state index is 13.2. The largest absolute Gasteiger partial charge is 0.491 e. The lowest BCUT2D eigenvalue weighted by atomic mass is 9.90. The Hall–Kier alpha value is -2.22. The van der Waals surface area contributed by atoms with E-state index in [-0.39, 0.29) is 29.0 Å². The van der Waals surface area contributed by atoms with Crippen LogP contribution in [-0.2, 0) is 16.0 Å². The minimum Gasteiger partial charge on any atom is -0.491 e. The number of nitrogens with zero attached hydrogens (tertiary/aromatic N) is 1. The molecule has 0 aliphatic rings. The van der Waals surface area contributed by atoms with Gasteiger partial charge in [-0.05, 0) is 73.3 Å². The van der Waals surface area contributed by atoms with E-state index in [4.69, 9.17) is 9.47 Å². The number of amides is 1. The molecule has 0 radical (unpaired) electrons. The lowest BCUT2D eigenvalue weighted by molar-refractivity contribution is -0.799. The Morgan fingerprint density at radius 2 is 1.78 bits per heavy atom. The number of aryl methyl sites for hydroxylation is 3. The molecule has 200 valence electrons. The number of benzene rings is 1. The maximum Gasteiger partial charge on any atom is 0.362 e. The molecule has 0 saturated heterocycles. The van der Waals surface area contributed by atoms with Crippen LogP contribution in [0.4, 0.5) is 0 Å². The van der Waals surface area contributed by atoms with Crippen LogP contribution in [0.25, 0.3) is 0 Å². The van der Waals surface area contributed by atoms with Crippen LogP contribution in [0, 0.1) is 19.3 Å². The number of hydrogen-bond acceptors (Lipinski definition) is 6. The van der Waals surface area contributed by atoms with Crippen LogP contribution in [0.15, 0.2) is 24.3 Å². The second-order valence-corrected chi connectivity index (χ2v) is 12.4. The predicted molar refractivity (Wildman–Crippen MR) is 146 cm³/mol. The fraction of sp³-hybridized carbons (Fsp3) is 0.586. The Morgan fingerprint density at radius 3 is 2.33 bits per heavy atom. The van der Waals surface area contributed by atoms with E-state index in [1.54, 1.807) is 25.4 Å². The Morgan fingerprint density at radius 1 is 1.11 bits per heavy atom. The van der Waals surface area contributed by atoms with Crippen molar-refractivity contribution in [1.82, 2.24) is 0 Å². The normalized spacial score (nSPS) is 13.8. The molecule has 2 aromatic rings. The van der Waals surface area contributed by atoms with E-state index in [2.05, 4.69) is 25.1 Å². The minimum absolute atomic E-state index is 0.00738. The summed E-state index contributed by atoms with van der Waals surface area (Å²) in [5.74, 6) is 0.696. The Labute approximate surface area is 220 Å². The summed E-state index contributed by atoms with van der Waals surface area (Å²) in [4.78, 5) is 26.9. The molecule has 0 bridgehead atoms. The highest BCUT2D eigenvalue weighted by atomic mass is 32.1. The van der Waals surface area contributed by atoms with Crippen molar-refractivity contribution in [2.75, 3.05) is 34.4 Å². The van der Waals surface area contributed by atoms with Crippen molar-refractivity contribution in [3.63, 3.8) is 0 Å². The third-order valence-electron chi connectivity index (χ3n) is 6.75. The number of quaternary nitrogens is 1. The first kappa shape index (κ1) is 30.0. The van der Waals surface area contributed by atoms with Gasteiger partial charge in [-0.15, -0.1) is 11.3 Å². The van der Waals surface area contributed by atoms with Gasteiger partial charge >= 0.3 is 11.9 Å². The molecule has 1 aromatic carbocycles. The second-order valence-electron chi connectivity index (χ2n) is 11.3. The van der Waals surface area contributed by atoms with E-state index in [1.165, 1.54) is 17.6 Å². The molecule has 36 heavy (non-hydrogen) atoms. The van der Waals surface area contributed by atoms with Crippen molar-refractivity contribution in [3.8, 4) is 5.75 Å². The van der Waals surface area contributed by atoms with Crippen LogP contribution in [0.2, 0.25) is 0 Å². The summed E-state index contributed by atoms with van der Waals surface area (Å²) in [6.45, 7) is 12.5. The highest BCUT2D eigenvalue weighted by molar-refractivity contribution is 7.14. The van der Waals surface area contributed by atoms with Crippen molar-refractivity contribution >= 4 is 23.2 Å². The van der Waals surface area contributed by atoms with Crippen molar-refractivity contribution < 1.29 is 28.7 Å². The zero-order chi connectivity index (χ0) is 27.3. The van der Waals surface area contributed by atoms with Gasteiger partial charge in [0.05, 0.1) is 27.3 Å². The summed E-state index contributed by atoms with van der Waals surface area (Å²) in [6, 6.07) is 8.38. The molecule has 0 aliphatic carbocycles. The Balaban J connectivity index is 2.07. The number of hydrogen-bond donors (Lipinski definition) is 1. The molecule has 1 aromatic heterocycles. The number of aliphatic hydroxyl groups is 1. The fourth-order valence-corrected chi connectivity index (χ4v) is 5.47. The zero-order valence-corrected chi connectivity index (χ0v) is 24.3. The van der Waals surface area contributed by atoms with Gasteiger partial charge in [0.25, 0.3) is 0 Å². The van der Waals surface area contributed by atoms with Crippen molar-refractivity contribution in [2.45, 2.75) is 72.8 Å².